The van der Waals surface area contributed by atoms with Gasteiger partial charge in [-0.15, -0.1) is 22.7 Å². The van der Waals surface area contributed by atoms with Gasteiger partial charge in [-0.25, -0.2) is 14.6 Å². The van der Waals surface area contributed by atoms with E-state index in [1.54, 1.807) is 19.1 Å². The van der Waals surface area contributed by atoms with E-state index in [2.05, 4.69) is 16.4 Å². The Bertz CT molecular complexity index is 1740. The summed E-state index contributed by atoms with van der Waals surface area (Å²) < 4.78 is 11.8. The largest absolute Gasteiger partial charge is 0.462 e. The van der Waals surface area contributed by atoms with Gasteiger partial charge in [-0.3, -0.25) is 4.79 Å². The zero-order valence-corrected chi connectivity index (χ0v) is 23.2. The molecule has 0 aliphatic heterocycles. The third-order valence-electron chi connectivity index (χ3n) is 6.65. The molecule has 0 atom stereocenters. The van der Waals surface area contributed by atoms with E-state index in [1.807, 2.05) is 54.6 Å². The van der Waals surface area contributed by atoms with Crippen molar-refractivity contribution in [3.8, 4) is 21.0 Å². The second kappa shape index (κ2) is 11.0. The van der Waals surface area contributed by atoms with E-state index < -0.39 is 24.5 Å². The number of nitrogens with one attached hydrogen (secondary N) is 1. The number of anilines is 1. The number of ether oxygens (including phenoxy) is 2. The number of hydrogen-bond donors (Lipinski definition) is 1. The number of esters is 2. The molecule has 2 heterocycles. The van der Waals surface area contributed by atoms with Crippen LogP contribution < -0.4 is 5.32 Å². The molecule has 0 radical (unpaired) electrons. The monoisotopic (exact) mass is 568 g/mol. The first-order valence-electron chi connectivity index (χ1n) is 12.9. The number of thiazole rings is 1. The molecule has 7 nitrogen and oxygen atoms in total. The number of para-hydroxylation sites is 1. The summed E-state index contributed by atoms with van der Waals surface area (Å²) >= 11 is 2.82. The molecule has 9 heteroatoms. The molecule has 0 fully saturated rings. The number of carbonyl (C=O) groups excluding carboxylic acids is 3. The van der Waals surface area contributed by atoms with Gasteiger partial charge in [0.25, 0.3) is 5.91 Å². The van der Waals surface area contributed by atoms with E-state index in [0.717, 1.165) is 32.6 Å². The number of thiophene rings is 1. The van der Waals surface area contributed by atoms with Crippen LogP contribution in [-0.4, -0.2) is 36.0 Å². The van der Waals surface area contributed by atoms with Crippen molar-refractivity contribution in [3.05, 3.63) is 95.1 Å². The van der Waals surface area contributed by atoms with Crippen LogP contribution in [0.1, 0.15) is 38.8 Å². The highest BCUT2D eigenvalue weighted by atomic mass is 32.1. The summed E-state index contributed by atoms with van der Waals surface area (Å²) in [5, 5.41) is 3.90. The number of nitrogens with zero attached hydrogens (tertiary/aromatic N) is 1. The summed E-state index contributed by atoms with van der Waals surface area (Å²) in [7, 11) is 0. The predicted octanol–water partition coefficient (Wildman–Crippen LogP) is 6.76. The van der Waals surface area contributed by atoms with Gasteiger partial charge in [0.05, 0.1) is 28.0 Å². The molecule has 3 aromatic carbocycles. The number of benzene rings is 3. The molecule has 0 saturated heterocycles. The number of fused-ring (bicyclic) bond motifs is 4. The lowest BCUT2D eigenvalue weighted by molar-refractivity contribution is -0.119. The smallest absolute Gasteiger partial charge is 0.341 e. The van der Waals surface area contributed by atoms with Crippen LogP contribution in [0.25, 0.3) is 31.2 Å². The molecule has 1 aliphatic carbocycles. The minimum atomic E-state index is -0.630. The molecule has 0 saturated carbocycles. The number of aromatic nitrogens is 1. The Morgan fingerprint density at radius 1 is 0.850 bits per heavy atom. The highest BCUT2D eigenvalue weighted by Crippen LogP contribution is 2.45. The first-order chi connectivity index (χ1) is 19.5. The number of carbonyl (C=O) groups is 3. The second-order valence-electron chi connectivity index (χ2n) is 9.15. The van der Waals surface area contributed by atoms with Crippen LogP contribution in [0.15, 0.2) is 72.8 Å². The summed E-state index contributed by atoms with van der Waals surface area (Å²) in [4.78, 5) is 44.6. The number of amides is 1. The summed E-state index contributed by atoms with van der Waals surface area (Å²) in [6, 6.07) is 22.9. The fourth-order valence-corrected chi connectivity index (χ4v) is 7.17. The Morgan fingerprint density at radius 3 is 2.42 bits per heavy atom. The van der Waals surface area contributed by atoms with Crippen molar-refractivity contribution in [1.82, 2.24) is 4.98 Å². The Morgan fingerprint density at radius 2 is 1.60 bits per heavy atom. The lowest BCUT2D eigenvalue weighted by Crippen LogP contribution is -2.22. The van der Waals surface area contributed by atoms with Crippen molar-refractivity contribution in [2.75, 3.05) is 18.5 Å². The van der Waals surface area contributed by atoms with Crippen molar-refractivity contribution in [2.45, 2.75) is 19.8 Å². The highest BCUT2D eigenvalue weighted by Gasteiger charge is 2.30. The molecule has 6 rings (SSSR count). The molecule has 0 spiro atoms. The van der Waals surface area contributed by atoms with Crippen molar-refractivity contribution < 1.29 is 23.9 Å². The summed E-state index contributed by atoms with van der Waals surface area (Å²) in [6.45, 7) is 1.46. The van der Waals surface area contributed by atoms with E-state index in [9.17, 15) is 14.4 Å². The van der Waals surface area contributed by atoms with Crippen molar-refractivity contribution >= 4 is 55.7 Å². The standard InChI is InChI=1S/C31H24N2O5S2/c1-2-37-31(36)26-22-16-15-18-9-3-4-10-19(18)27(22)40-29(26)33-25(34)17-38-30(35)21-12-6-5-11-20(21)28-32-23-13-7-8-14-24(23)39-28/h3-14H,2,15-17H2,1H3,(H,33,34). The van der Waals surface area contributed by atoms with Gasteiger partial charge in [0, 0.05) is 10.4 Å². The van der Waals surface area contributed by atoms with Gasteiger partial charge in [0.1, 0.15) is 10.0 Å². The van der Waals surface area contributed by atoms with Crippen molar-refractivity contribution in [3.63, 3.8) is 0 Å². The molecule has 0 unspecified atom stereocenters. The molecule has 1 aliphatic rings. The Labute approximate surface area is 238 Å². The maximum absolute atomic E-state index is 13.1. The summed E-state index contributed by atoms with van der Waals surface area (Å²) in [5.41, 5.74) is 5.32. The Hall–Kier alpha value is -4.34. The first kappa shape index (κ1) is 25.9. The average molecular weight is 569 g/mol. The van der Waals surface area contributed by atoms with Crippen molar-refractivity contribution in [1.29, 1.82) is 0 Å². The van der Waals surface area contributed by atoms with E-state index in [4.69, 9.17) is 9.47 Å². The zero-order valence-electron chi connectivity index (χ0n) is 21.6. The topological polar surface area (TPSA) is 94.6 Å². The van der Waals surface area contributed by atoms with Gasteiger partial charge in [0.2, 0.25) is 0 Å². The number of hydrogen-bond acceptors (Lipinski definition) is 8. The molecule has 5 aromatic rings. The van der Waals surface area contributed by atoms with Crippen LogP contribution in [-0.2, 0) is 27.1 Å². The first-order valence-corrected chi connectivity index (χ1v) is 14.5. The van der Waals surface area contributed by atoms with E-state index in [-0.39, 0.29) is 6.61 Å². The minimum Gasteiger partial charge on any atom is -0.462 e. The highest BCUT2D eigenvalue weighted by molar-refractivity contribution is 7.21. The van der Waals surface area contributed by atoms with Crippen LogP contribution >= 0.6 is 22.7 Å². The van der Waals surface area contributed by atoms with Gasteiger partial charge in [-0.05, 0) is 54.7 Å². The van der Waals surface area contributed by atoms with Gasteiger partial charge >= 0.3 is 11.9 Å². The number of rotatable bonds is 7. The fraction of sp³-hybridized carbons (Fsp3) is 0.161. The molecule has 1 N–H and O–H groups in total. The molecular formula is C31H24N2O5S2. The normalized spacial score (nSPS) is 11.9. The molecule has 0 bridgehead atoms. The SMILES string of the molecule is CCOC(=O)c1c(NC(=O)COC(=O)c2ccccc2-c2nc3ccccc3s2)sc2c1CCc1ccccc1-2. The zero-order chi connectivity index (χ0) is 27.6. The van der Waals surface area contributed by atoms with Crippen LogP contribution in [0.5, 0.6) is 0 Å². The fourth-order valence-electron chi connectivity index (χ4n) is 4.85. The molecular weight excluding hydrogens is 544 g/mol. The van der Waals surface area contributed by atoms with Crippen LogP contribution in [0, 0.1) is 0 Å². The minimum absolute atomic E-state index is 0.221. The van der Waals surface area contributed by atoms with Gasteiger partial charge < -0.3 is 14.8 Å². The van der Waals surface area contributed by atoms with Gasteiger partial charge in [-0.1, -0.05) is 54.6 Å². The third kappa shape index (κ3) is 4.89. The molecule has 200 valence electrons. The Kier molecular flexibility index (Phi) is 7.15. The molecule has 2 aromatic heterocycles. The molecule has 1 amide bonds. The quantitative estimate of drug-likeness (QED) is 0.218. The lowest BCUT2D eigenvalue weighted by Gasteiger charge is -2.16. The van der Waals surface area contributed by atoms with Gasteiger partial charge in [-0.2, -0.15) is 0 Å². The summed E-state index contributed by atoms with van der Waals surface area (Å²) in [5.74, 6) is -1.64. The third-order valence-corrected chi connectivity index (χ3v) is 8.90. The summed E-state index contributed by atoms with van der Waals surface area (Å²) in [6.07, 6.45) is 1.47. The lowest BCUT2D eigenvalue weighted by atomic mass is 9.89. The van der Waals surface area contributed by atoms with Crippen LogP contribution in [0.2, 0.25) is 0 Å². The van der Waals surface area contributed by atoms with Crippen LogP contribution in [0.4, 0.5) is 5.00 Å². The average Bonchev–Trinajstić information content (AvgIpc) is 3.57. The van der Waals surface area contributed by atoms with Crippen LogP contribution in [0.3, 0.4) is 0 Å². The van der Waals surface area contributed by atoms with Crippen molar-refractivity contribution in [2.24, 2.45) is 0 Å². The molecule has 40 heavy (non-hydrogen) atoms. The van der Waals surface area contributed by atoms with Gasteiger partial charge in [0.15, 0.2) is 6.61 Å². The maximum atomic E-state index is 13.1. The maximum Gasteiger partial charge on any atom is 0.341 e. The van der Waals surface area contributed by atoms with E-state index in [0.29, 0.717) is 33.1 Å². The van der Waals surface area contributed by atoms with E-state index >= 15 is 0 Å². The predicted molar refractivity (Wildman–Crippen MR) is 157 cm³/mol. The Balaban J connectivity index is 1.21. The van der Waals surface area contributed by atoms with E-state index in [1.165, 1.54) is 28.2 Å². The number of aryl methyl sites for hydroxylation is 1. The second-order valence-corrected chi connectivity index (χ2v) is 11.2.